The lowest BCUT2D eigenvalue weighted by molar-refractivity contribution is 0.669. The highest BCUT2D eigenvalue weighted by atomic mass is 32.1. The van der Waals surface area contributed by atoms with Crippen LogP contribution in [0, 0.1) is 0 Å². The maximum atomic E-state index is 6.70. The van der Waals surface area contributed by atoms with E-state index in [1.165, 1.54) is 15.7 Å². The van der Waals surface area contributed by atoms with Crippen molar-refractivity contribution in [3.05, 3.63) is 152 Å². The highest BCUT2D eigenvalue weighted by Crippen LogP contribution is 2.49. The predicted molar refractivity (Wildman–Crippen MR) is 204 cm³/mol. The standard InChI is InChI=1S/C42H25BN4OS/c1-3-12-26(13-4-1)27-22-34-38-35(23-27)47(33-20-11-17-30-29-16-7-10-21-36(29)48-41(30)33)32-19-9-8-18-31(32)43(38)42-40(39-37(49-42)24-44-25-45-39)46(34)28-14-5-2-6-15-28/h1-25H. The van der Waals surface area contributed by atoms with Gasteiger partial charge in [0.05, 0.1) is 16.1 Å². The third-order valence-electron chi connectivity index (χ3n) is 9.98. The van der Waals surface area contributed by atoms with Crippen LogP contribution in [0.1, 0.15) is 0 Å². The lowest BCUT2D eigenvalue weighted by Crippen LogP contribution is -2.60. The summed E-state index contributed by atoms with van der Waals surface area (Å²) in [6.07, 6.45) is 3.63. The molecule has 6 aromatic carbocycles. The Hall–Kier alpha value is -6.18. The molecule has 0 amide bonds. The van der Waals surface area contributed by atoms with Gasteiger partial charge in [0.15, 0.2) is 5.58 Å². The first-order valence-corrected chi connectivity index (χ1v) is 17.3. The molecule has 11 rings (SSSR count). The van der Waals surface area contributed by atoms with E-state index in [9.17, 15) is 0 Å². The minimum atomic E-state index is 0.00584. The van der Waals surface area contributed by atoms with Crippen LogP contribution in [0.2, 0.25) is 0 Å². The number of anilines is 6. The Bertz CT molecular complexity index is 2760. The molecule has 0 saturated heterocycles. The molecule has 0 fully saturated rings. The lowest BCUT2D eigenvalue weighted by atomic mass is 9.36. The molecule has 49 heavy (non-hydrogen) atoms. The van der Waals surface area contributed by atoms with E-state index >= 15 is 0 Å². The Balaban J connectivity index is 1.30. The average Bonchev–Trinajstić information content (AvgIpc) is 3.74. The molecule has 0 bridgehead atoms. The van der Waals surface area contributed by atoms with Crippen LogP contribution in [0.15, 0.2) is 156 Å². The minimum absolute atomic E-state index is 0.00584. The SMILES string of the molecule is c1ccc(-c2cc3c4c(c2)N(c2cccc5c2oc2ccccc25)c2ccccc2B4c2sc4cncnc4c2N3c2ccccc2)cc1. The molecule has 0 spiro atoms. The molecule has 0 saturated carbocycles. The van der Waals surface area contributed by atoms with Crippen LogP contribution < -0.4 is 25.5 Å². The summed E-state index contributed by atoms with van der Waals surface area (Å²) in [5.41, 5.74) is 14.3. The van der Waals surface area contributed by atoms with E-state index in [0.717, 1.165) is 77.4 Å². The molecule has 2 aliphatic heterocycles. The first-order chi connectivity index (χ1) is 24.3. The maximum Gasteiger partial charge on any atom is 0.264 e. The van der Waals surface area contributed by atoms with Gasteiger partial charge < -0.3 is 14.2 Å². The molecule has 9 aromatic rings. The van der Waals surface area contributed by atoms with Crippen molar-refractivity contribution in [2.24, 2.45) is 0 Å². The summed E-state index contributed by atoms with van der Waals surface area (Å²) >= 11 is 1.80. The van der Waals surface area contributed by atoms with E-state index in [1.807, 2.05) is 12.3 Å². The summed E-state index contributed by atoms with van der Waals surface area (Å²) in [5, 5.41) is 2.23. The summed E-state index contributed by atoms with van der Waals surface area (Å²) in [4.78, 5) is 14.2. The van der Waals surface area contributed by atoms with Gasteiger partial charge in [-0.3, -0.25) is 0 Å². The average molecular weight is 645 g/mol. The van der Waals surface area contributed by atoms with Gasteiger partial charge in [-0.15, -0.1) is 11.3 Å². The van der Waals surface area contributed by atoms with Crippen LogP contribution in [-0.4, -0.2) is 16.7 Å². The zero-order valence-corrected chi connectivity index (χ0v) is 26.9. The van der Waals surface area contributed by atoms with E-state index in [-0.39, 0.29) is 6.71 Å². The monoisotopic (exact) mass is 644 g/mol. The van der Waals surface area contributed by atoms with Crippen molar-refractivity contribution in [2.45, 2.75) is 0 Å². The maximum absolute atomic E-state index is 6.70. The number of furan rings is 1. The molecule has 0 atom stereocenters. The number of aromatic nitrogens is 2. The zero-order chi connectivity index (χ0) is 32.1. The van der Waals surface area contributed by atoms with Gasteiger partial charge in [0, 0.05) is 44.5 Å². The lowest BCUT2D eigenvalue weighted by Gasteiger charge is -2.43. The number of hydrogen-bond donors (Lipinski definition) is 0. The summed E-state index contributed by atoms with van der Waals surface area (Å²) in [5.74, 6) is 0. The van der Waals surface area contributed by atoms with Crippen molar-refractivity contribution in [1.29, 1.82) is 0 Å². The van der Waals surface area contributed by atoms with Crippen molar-refractivity contribution < 1.29 is 4.42 Å². The molecule has 0 radical (unpaired) electrons. The largest absolute Gasteiger partial charge is 0.454 e. The van der Waals surface area contributed by atoms with Gasteiger partial charge in [0.2, 0.25) is 0 Å². The van der Waals surface area contributed by atoms with Crippen molar-refractivity contribution in [2.75, 3.05) is 9.80 Å². The van der Waals surface area contributed by atoms with Crippen LogP contribution in [-0.2, 0) is 0 Å². The molecule has 5 heterocycles. The van der Waals surface area contributed by atoms with Crippen LogP contribution in [0.4, 0.5) is 34.1 Å². The van der Waals surface area contributed by atoms with Gasteiger partial charge in [0.25, 0.3) is 6.71 Å². The van der Waals surface area contributed by atoms with Crippen molar-refractivity contribution >= 4 is 100 Å². The number of fused-ring (bicyclic) bond motifs is 9. The van der Waals surface area contributed by atoms with Crippen molar-refractivity contribution in [3.8, 4) is 11.1 Å². The molecule has 0 unspecified atom stereocenters. The van der Waals surface area contributed by atoms with Gasteiger partial charge >= 0.3 is 0 Å². The molecule has 0 aliphatic carbocycles. The zero-order valence-electron chi connectivity index (χ0n) is 26.1. The third kappa shape index (κ3) is 3.76. The van der Waals surface area contributed by atoms with Crippen LogP contribution in [0.5, 0.6) is 0 Å². The number of thiophene rings is 1. The van der Waals surface area contributed by atoms with E-state index in [2.05, 4.69) is 148 Å². The smallest absolute Gasteiger partial charge is 0.264 e. The fourth-order valence-corrected chi connectivity index (χ4v) is 9.22. The first-order valence-electron chi connectivity index (χ1n) is 16.4. The predicted octanol–water partition coefficient (Wildman–Crippen LogP) is 9.34. The van der Waals surface area contributed by atoms with Crippen LogP contribution in [0.3, 0.4) is 0 Å². The van der Waals surface area contributed by atoms with E-state index in [0.29, 0.717) is 0 Å². The second kappa shape index (κ2) is 10.2. The number of rotatable bonds is 3. The van der Waals surface area contributed by atoms with E-state index in [1.54, 1.807) is 17.7 Å². The molecule has 2 aliphatic rings. The van der Waals surface area contributed by atoms with E-state index in [4.69, 9.17) is 9.40 Å². The Labute approximate surface area is 286 Å². The van der Waals surface area contributed by atoms with Gasteiger partial charge in [0.1, 0.15) is 17.4 Å². The second-order valence-corrected chi connectivity index (χ2v) is 13.7. The summed E-state index contributed by atoms with van der Waals surface area (Å²) in [6, 6.07) is 49.8. The highest BCUT2D eigenvalue weighted by molar-refractivity contribution is 7.33. The fourth-order valence-electron chi connectivity index (χ4n) is 7.98. The second-order valence-electron chi connectivity index (χ2n) is 12.6. The first kappa shape index (κ1) is 26.8. The number of benzene rings is 6. The van der Waals surface area contributed by atoms with Gasteiger partial charge in [-0.1, -0.05) is 97.1 Å². The van der Waals surface area contributed by atoms with E-state index < -0.39 is 0 Å². The quantitative estimate of drug-likeness (QED) is 0.180. The molecular formula is C42H25BN4OS. The Morgan fingerprint density at radius 3 is 2.20 bits per heavy atom. The molecule has 3 aromatic heterocycles. The number of hydrogen-bond acceptors (Lipinski definition) is 6. The number of nitrogens with zero attached hydrogens (tertiary/aromatic N) is 4. The molecule has 0 N–H and O–H groups in total. The minimum Gasteiger partial charge on any atom is -0.454 e. The number of para-hydroxylation sites is 4. The van der Waals surface area contributed by atoms with Gasteiger partial charge in [-0.05, 0) is 64.5 Å². The summed E-state index contributed by atoms with van der Waals surface area (Å²) < 4.78 is 9.05. The summed E-state index contributed by atoms with van der Waals surface area (Å²) in [6.45, 7) is 0.00584. The van der Waals surface area contributed by atoms with Crippen molar-refractivity contribution in [3.63, 3.8) is 0 Å². The Morgan fingerprint density at radius 1 is 0.612 bits per heavy atom. The topological polar surface area (TPSA) is 45.4 Å². The normalized spacial score (nSPS) is 13.2. The van der Waals surface area contributed by atoms with Crippen LogP contribution >= 0.6 is 11.3 Å². The van der Waals surface area contributed by atoms with Crippen molar-refractivity contribution in [1.82, 2.24) is 9.97 Å². The molecule has 7 heteroatoms. The Morgan fingerprint density at radius 2 is 1.33 bits per heavy atom. The van der Waals surface area contributed by atoms with Gasteiger partial charge in [-0.25, -0.2) is 9.97 Å². The molecule has 228 valence electrons. The molecular weight excluding hydrogens is 619 g/mol. The van der Waals surface area contributed by atoms with Gasteiger partial charge in [-0.2, -0.15) is 0 Å². The fraction of sp³-hybridized carbons (Fsp3) is 0. The Kier molecular flexibility index (Phi) is 5.57. The molecule has 5 nitrogen and oxygen atoms in total. The van der Waals surface area contributed by atoms with Crippen LogP contribution in [0.25, 0.3) is 43.3 Å². The third-order valence-corrected chi connectivity index (χ3v) is 11.2. The highest BCUT2D eigenvalue weighted by Gasteiger charge is 2.46. The summed E-state index contributed by atoms with van der Waals surface area (Å²) in [7, 11) is 0.